The monoisotopic (exact) mass is 350 g/mol. The lowest BCUT2D eigenvalue weighted by Crippen LogP contribution is -2.23. The summed E-state index contributed by atoms with van der Waals surface area (Å²) < 4.78 is 40.4. The Kier molecular flexibility index (Phi) is 4.18. The quantitative estimate of drug-likeness (QED) is 0.739. The molecule has 3 rings (SSSR count). The molecule has 0 radical (unpaired) electrons. The first kappa shape index (κ1) is 14.6. The van der Waals surface area contributed by atoms with Gasteiger partial charge in [0.25, 0.3) is 0 Å². The second-order valence-electron chi connectivity index (χ2n) is 4.75. The molecular formula is C15H15N3O3S2. The molecule has 0 fully saturated rings. The van der Waals surface area contributed by atoms with Crippen molar-refractivity contribution in [1.82, 2.24) is 14.7 Å². The average molecular weight is 350 g/mol. The summed E-state index contributed by atoms with van der Waals surface area (Å²) >= 11 is 1.13. The van der Waals surface area contributed by atoms with Gasteiger partial charge in [0.15, 0.2) is 5.89 Å². The summed E-state index contributed by atoms with van der Waals surface area (Å²) in [5, 5.41) is 0. The van der Waals surface area contributed by atoms with Crippen LogP contribution in [-0.4, -0.2) is 24.9 Å². The van der Waals surface area contributed by atoms with Crippen molar-refractivity contribution in [2.45, 2.75) is 18.2 Å². The summed E-state index contributed by atoms with van der Waals surface area (Å²) in [4.78, 5) is 8.75. The van der Waals surface area contributed by atoms with E-state index in [4.69, 9.17) is 5.79 Å². The molecule has 0 saturated heterocycles. The predicted octanol–water partition coefficient (Wildman–Crippen LogP) is 2.69. The summed E-state index contributed by atoms with van der Waals surface area (Å²) in [6, 6.07) is 5.17. The molecule has 0 aliphatic rings. The number of oxazole rings is 1. The highest BCUT2D eigenvalue weighted by molar-refractivity contribution is 7.89. The van der Waals surface area contributed by atoms with Gasteiger partial charge < -0.3 is 4.42 Å². The predicted molar refractivity (Wildman–Crippen MR) is 87.7 cm³/mol. The maximum absolute atomic E-state index is 12.6. The number of aromatic nitrogens is 2. The van der Waals surface area contributed by atoms with Crippen LogP contribution in [0.5, 0.6) is 0 Å². The number of sulfonamides is 1. The molecule has 8 heteroatoms. The van der Waals surface area contributed by atoms with Gasteiger partial charge in [0.2, 0.25) is 10.0 Å². The Labute approximate surface area is 139 Å². The Morgan fingerprint density at radius 2 is 2.30 bits per heavy atom. The minimum atomic E-state index is -3.66. The first-order valence-electron chi connectivity index (χ1n) is 7.43. The average Bonchev–Trinajstić information content (AvgIpc) is 3.19. The first-order chi connectivity index (χ1) is 11.5. The molecule has 0 saturated carbocycles. The van der Waals surface area contributed by atoms with Gasteiger partial charge in [-0.3, -0.25) is 4.98 Å². The molecule has 0 spiro atoms. The van der Waals surface area contributed by atoms with Gasteiger partial charge in [0.1, 0.15) is 6.26 Å². The van der Waals surface area contributed by atoms with Crippen molar-refractivity contribution >= 4 is 21.4 Å². The van der Waals surface area contributed by atoms with Gasteiger partial charge in [0, 0.05) is 24.7 Å². The summed E-state index contributed by atoms with van der Waals surface area (Å²) in [5.41, 5.74) is 1.44. The van der Waals surface area contributed by atoms with Crippen LogP contribution in [0.3, 0.4) is 0 Å². The van der Waals surface area contributed by atoms with Crippen molar-refractivity contribution in [3.63, 3.8) is 0 Å². The van der Waals surface area contributed by atoms with E-state index in [1.807, 2.05) is 6.07 Å². The van der Waals surface area contributed by atoms with Gasteiger partial charge in [0.05, 0.1) is 22.8 Å². The van der Waals surface area contributed by atoms with Gasteiger partial charge in [-0.25, -0.2) is 18.1 Å². The lowest BCUT2D eigenvalue weighted by Gasteiger charge is -2.11. The van der Waals surface area contributed by atoms with E-state index in [0.29, 0.717) is 22.8 Å². The molecule has 0 unspecified atom stereocenters. The van der Waals surface area contributed by atoms with Gasteiger partial charge in [-0.15, -0.1) is 11.3 Å². The Hall–Kier alpha value is -2.03. The van der Waals surface area contributed by atoms with Crippen LogP contribution in [0.2, 0.25) is 0 Å². The molecule has 120 valence electrons. The highest BCUT2D eigenvalue weighted by Gasteiger charge is 2.20. The van der Waals surface area contributed by atoms with Crippen LogP contribution in [0.25, 0.3) is 10.4 Å². The van der Waals surface area contributed by atoms with Crippen LogP contribution < -0.4 is 4.72 Å². The second-order valence-corrected chi connectivity index (χ2v) is 7.31. The number of hydrogen-bond donors (Lipinski definition) is 1. The highest BCUT2D eigenvalue weighted by Crippen LogP contribution is 2.31. The smallest absolute Gasteiger partial charge is 0.241 e. The fraction of sp³-hybridized carbons (Fsp3) is 0.200. The molecule has 23 heavy (non-hydrogen) atoms. The van der Waals surface area contributed by atoms with Gasteiger partial charge in [-0.2, -0.15) is 0 Å². The molecule has 6 nitrogen and oxygen atoms in total. The molecule has 1 N–H and O–H groups in total. The van der Waals surface area contributed by atoms with E-state index in [1.165, 1.54) is 12.5 Å². The number of benzene rings is 1. The van der Waals surface area contributed by atoms with Crippen molar-refractivity contribution < 1.29 is 14.2 Å². The van der Waals surface area contributed by atoms with E-state index in [0.717, 1.165) is 16.9 Å². The van der Waals surface area contributed by atoms with Crippen LogP contribution in [0.1, 0.15) is 19.7 Å². The topological polar surface area (TPSA) is 85.1 Å². The Balaban J connectivity index is 2.08. The van der Waals surface area contributed by atoms with Crippen molar-refractivity contribution in [3.8, 4) is 10.4 Å². The van der Waals surface area contributed by atoms with Gasteiger partial charge >= 0.3 is 0 Å². The maximum atomic E-state index is 12.6. The third kappa shape index (κ3) is 3.49. The first-order valence-corrected chi connectivity index (χ1v) is 9.23. The number of thiazole rings is 1. The fourth-order valence-corrected chi connectivity index (χ4v) is 4.17. The lowest BCUT2D eigenvalue weighted by atomic mass is 10.1. The summed E-state index contributed by atoms with van der Waals surface area (Å²) in [5.74, 6) is 0.515. The Morgan fingerprint density at radius 1 is 1.43 bits per heavy atom. The Morgan fingerprint density at radius 3 is 2.96 bits per heavy atom. The summed E-state index contributed by atoms with van der Waals surface area (Å²) in [7, 11) is -3.66. The number of rotatable bonds is 6. The number of nitrogens with zero attached hydrogens (tertiary/aromatic N) is 2. The molecule has 0 atom stereocenters. The van der Waals surface area contributed by atoms with E-state index in [-0.39, 0.29) is 16.9 Å². The molecule has 0 bridgehead atoms. The molecule has 2 aromatic heterocycles. The number of nitrogens with one attached hydrogen (secondary N) is 1. The number of hydrogen-bond acceptors (Lipinski definition) is 6. The third-order valence-electron chi connectivity index (χ3n) is 3.16. The highest BCUT2D eigenvalue weighted by atomic mass is 32.2. The lowest BCUT2D eigenvalue weighted by molar-refractivity contribution is 0.506. The molecular weight excluding hydrogens is 334 g/mol. The van der Waals surface area contributed by atoms with Crippen LogP contribution in [-0.2, 0) is 16.4 Å². The van der Waals surface area contributed by atoms with Crippen LogP contribution in [0.4, 0.5) is 0 Å². The SMILES string of the molecule is [2H]c1ncc(-c2ccc(Cc3ncco3)cc2S(=O)(=O)NCC)s1. The van der Waals surface area contributed by atoms with Crippen molar-refractivity contribution in [2.75, 3.05) is 6.54 Å². The second kappa shape index (κ2) is 6.61. The fourth-order valence-electron chi connectivity index (χ4n) is 2.20. The van der Waals surface area contributed by atoms with Crippen LogP contribution >= 0.6 is 11.3 Å². The molecule has 0 aliphatic carbocycles. The van der Waals surface area contributed by atoms with E-state index in [1.54, 1.807) is 25.3 Å². The normalized spacial score (nSPS) is 12.3. The molecule has 0 amide bonds. The minimum absolute atomic E-state index is 0.140. The van der Waals surface area contributed by atoms with Crippen molar-refractivity contribution in [1.29, 1.82) is 0 Å². The van der Waals surface area contributed by atoms with Crippen molar-refractivity contribution in [2.24, 2.45) is 0 Å². The molecule has 2 heterocycles. The van der Waals surface area contributed by atoms with Gasteiger partial charge in [-0.05, 0) is 11.6 Å². The largest absolute Gasteiger partial charge is 0.449 e. The van der Waals surface area contributed by atoms with E-state index in [9.17, 15) is 8.42 Å². The minimum Gasteiger partial charge on any atom is -0.449 e. The van der Waals surface area contributed by atoms with Crippen LogP contribution in [0, 0.1) is 0 Å². The molecule has 0 aliphatic heterocycles. The Bertz CT molecular complexity index is 937. The zero-order valence-electron chi connectivity index (χ0n) is 13.3. The van der Waals surface area contributed by atoms with Crippen molar-refractivity contribution in [3.05, 3.63) is 53.8 Å². The zero-order valence-corrected chi connectivity index (χ0v) is 13.9. The standard InChI is InChI=1S/C15H15N3O3S2/c1-2-18-23(19,20)14-7-11(8-15-17-5-6-21-15)3-4-12(14)13-9-16-10-22-13/h3-7,9-10,18H,2,8H2,1H3/i10D. The van der Waals surface area contributed by atoms with E-state index < -0.39 is 10.0 Å². The zero-order chi connectivity index (χ0) is 17.2. The summed E-state index contributed by atoms with van der Waals surface area (Å²) in [6.07, 6.45) is 4.94. The third-order valence-corrected chi connectivity index (χ3v) is 5.49. The van der Waals surface area contributed by atoms with Crippen LogP contribution in [0.15, 0.2) is 51.7 Å². The summed E-state index contributed by atoms with van der Waals surface area (Å²) in [6.45, 7) is 2.01. The van der Waals surface area contributed by atoms with Gasteiger partial charge in [-0.1, -0.05) is 19.1 Å². The maximum Gasteiger partial charge on any atom is 0.241 e. The van der Waals surface area contributed by atoms with E-state index >= 15 is 0 Å². The molecule has 3 aromatic rings. The van der Waals surface area contributed by atoms with E-state index in [2.05, 4.69) is 14.7 Å². The molecule has 1 aromatic carbocycles.